The van der Waals surface area contributed by atoms with E-state index in [2.05, 4.69) is 17.2 Å². The van der Waals surface area contributed by atoms with Gasteiger partial charge in [-0.2, -0.15) is 0 Å². The summed E-state index contributed by atoms with van der Waals surface area (Å²) in [7, 11) is 1.76. The summed E-state index contributed by atoms with van der Waals surface area (Å²) in [4.78, 5) is 18.1. The van der Waals surface area contributed by atoms with E-state index >= 15 is 0 Å². The molecule has 0 saturated carbocycles. The molecule has 0 fully saturated rings. The summed E-state index contributed by atoms with van der Waals surface area (Å²) >= 11 is 5.76. The van der Waals surface area contributed by atoms with E-state index < -0.39 is 5.82 Å². The number of carbonyl (C=O) groups is 1. The maximum atomic E-state index is 13.2. The number of carbonyl (C=O) groups excluding carboxylic acids is 1. The highest BCUT2D eigenvalue weighted by molar-refractivity contribution is 6.31. The lowest BCUT2D eigenvalue weighted by Crippen LogP contribution is -2.28. The summed E-state index contributed by atoms with van der Waals surface area (Å²) < 4.78 is 13.2. The molecule has 1 aromatic carbocycles. The highest BCUT2D eigenvalue weighted by atomic mass is 35.5. The Morgan fingerprint density at radius 2 is 2.04 bits per heavy atom. The molecule has 6 heteroatoms. The van der Waals surface area contributed by atoms with Crippen LogP contribution >= 0.6 is 11.6 Å². The van der Waals surface area contributed by atoms with Crippen molar-refractivity contribution in [3.8, 4) is 0 Å². The van der Waals surface area contributed by atoms with Crippen molar-refractivity contribution in [2.45, 2.75) is 19.8 Å². The third-order valence-electron chi connectivity index (χ3n) is 3.38. The third-order valence-corrected chi connectivity index (χ3v) is 3.67. The molecule has 122 valence electrons. The minimum absolute atomic E-state index is 0.0413. The second-order valence-electron chi connectivity index (χ2n) is 5.26. The fourth-order valence-electron chi connectivity index (χ4n) is 2.06. The van der Waals surface area contributed by atoms with Crippen LogP contribution in [0.25, 0.3) is 0 Å². The standard InChI is InChI=1S/C17H19ClFN3O/c1-3-4-9-22(2)17(23)16-11-13(7-8-20-16)21-12-5-6-15(19)14(18)10-12/h5-8,10-11H,3-4,9H2,1-2H3,(H,20,21). The molecule has 23 heavy (non-hydrogen) atoms. The van der Waals surface area contributed by atoms with E-state index in [1.165, 1.54) is 12.1 Å². The minimum Gasteiger partial charge on any atom is -0.355 e. The highest BCUT2D eigenvalue weighted by Crippen LogP contribution is 2.23. The van der Waals surface area contributed by atoms with E-state index in [-0.39, 0.29) is 10.9 Å². The average molecular weight is 336 g/mol. The number of anilines is 2. The molecule has 0 aliphatic heterocycles. The summed E-state index contributed by atoms with van der Waals surface area (Å²) in [5.74, 6) is -0.598. The number of halogens is 2. The van der Waals surface area contributed by atoms with Crippen molar-refractivity contribution in [1.82, 2.24) is 9.88 Å². The van der Waals surface area contributed by atoms with E-state index in [1.807, 2.05) is 0 Å². The Labute approximate surface area is 140 Å². The normalized spacial score (nSPS) is 10.4. The number of nitrogens with one attached hydrogen (secondary N) is 1. The Kier molecular flexibility index (Phi) is 5.93. The van der Waals surface area contributed by atoms with Gasteiger partial charge in [-0.3, -0.25) is 9.78 Å². The lowest BCUT2D eigenvalue weighted by atomic mass is 10.2. The van der Waals surface area contributed by atoms with E-state index in [0.29, 0.717) is 23.6 Å². The van der Waals surface area contributed by atoms with Crippen LogP contribution in [0.5, 0.6) is 0 Å². The SMILES string of the molecule is CCCCN(C)C(=O)c1cc(Nc2ccc(F)c(Cl)c2)ccn1. The number of pyridine rings is 1. The first-order valence-electron chi connectivity index (χ1n) is 7.45. The van der Waals surface area contributed by atoms with Gasteiger partial charge in [-0.25, -0.2) is 4.39 Å². The van der Waals surface area contributed by atoms with Gasteiger partial charge in [0.1, 0.15) is 11.5 Å². The molecule has 4 nitrogen and oxygen atoms in total. The Hall–Kier alpha value is -2.14. The fraction of sp³-hybridized carbons (Fsp3) is 0.294. The second-order valence-corrected chi connectivity index (χ2v) is 5.67. The molecule has 1 amide bonds. The molecule has 0 aliphatic carbocycles. The molecule has 1 N–H and O–H groups in total. The molecule has 0 bridgehead atoms. The van der Waals surface area contributed by atoms with Gasteiger partial charge < -0.3 is 10.2 Å². The fourth-order valence-corrected chi connectivity index (χ4v) is 2.24. The molecular weight excluding hydrogens is 317 g/mol. The molecule has 0 spiro atoms. The smallest absolute Gasteiger partial charge is 0.272 e. The zero-order valence-corrected chi connectivity index (χ0v) is 13.9. The summed E-state index contributed by atoms with van der Waals surface area (Å²) in [5, 5.41) is 3.13. The maximum absolute atomic E-state index is 13.2. The Bertz CT molecular complexity index is 693. The second kappa shape index (κ2) is 7.92. The number of benzene rings is 1. The molecule has 1 heterocycles. The maximum Gasteiger partial charge on any atom is 0.272 e. The van der Waals surface area contributed by atoms with Gasteiger partial charge in [-0.05, 0) is 36.8 Å². The van der Waals surface area contributed by atoms with Crippen molar-refractivity contribution >= 4 is 28.9 Å². The largest absolute Gasteiger partial charge is 0.355 e. The van der Waals surface area contributed by atoms with Gasteiger partial charge >= 0.3 is 0 Å². The monoisotopic (exact) mass is 335 g/mol. The first-order valence-corrected chi connectivity index (χ1v) is 7.82. The van der Waals surface area contributed by atoms with Crippen LogP contribution in [0.1, 0.15) is 30.3 Å². The predicted octanol–water partition coefficient (Wildman–Crippen LogP) is 4.49. The van der Waals surface area contributed by atoms with E-state index in [4.69, 9.17) is 11.6 Å². The minimum atomic E-state index is -0.472. The Morgan fingerprint density at radius 1 is 1.30 bits per heavy atom. The molecular formula is C17H19ClFN3O. The van der Waals surface area contributed by atoms with Crippen molar-refractivity contribution in [2.24, 2.45) is 0 Å². The number of unbranched alkanes of at least 4 members (excludes halogenated alkanes) is 1. The first-order chi connectivity index (χ1) is 11.0. The van der Waals surface area contributed by atoms with E-state index in [1.54, 1.807) is 36.3 Å². The van der Waals surface area contributed by atoms with E-state index in [0.717, 1.165) is 12.8 Å². The van der Waals surface area contributed by atoms with Crippen molar-refractivity contribution in [3.05, 3.63) is 53.1 Å². The number of aromatic nitrogens is 1. The molecule has 2 aromatic rings. The molecule has 0 saturated heterocycles. The van der Waals surface area contributed by atoms with Crippen LogP contribution in [-0.4, -0.2) is 29.4 Å². The highest BCUT2D eigenvalue weighted by Gasteiger charge is 2.13. The van der Waals surface area contributed by atoms with Gasteiger partial charge in [-0.1, -0.05) is 24.9 Å². The Balaban J connectivity index is 2.13. The average Bonchev–Trinajstić information content (AvgIpc) is 2.55. The van der Waals surface area contributed by atoms with Gasteiger partial charge in [0.2, 0.25) is 0 Å². The topological polar surface area (TPSA) is 45.2 Å². The summed E-state index contributed by atoms with van der Waals surface area (Å²) in [6, 6.07) is 7.77. The quantitative estimate of drug-likeness (QED) is 0.846. The van der Waals surface area contributed by atoms with Crippen LogP contribution in [0.3, 0.4) is 0 Å². The van der Waals surface area contributed by atoms with Crippen LogP contribution < -0.4 is 5.32 Å². The number of hydrogen-bond donors (Lipinski definition) is 1. The van der Waals surface area contributed by atoms with Crippen molar-refractivity contribution < 1.29 is 9.18 Å². The number of hydrogen-bond acceptors (Lipinski definition) is 3. The van der Waals surface area contributed by atoms with Crippen molar-refractivity contribution in [1.29, 1.82) is 0 Å². The molecule has 0 radical (unpaired) electrons. The zero-order valence-electron chi connectivity index (χ0n) is 13.1. The van der Waals surface area contributed by atoms with Gasteiger partial charge in [0.15, 0.2) is 0 Å². The summed E-state index contributed by atoms with van der Waals surface area (Å²) in [6.07, 6.45) is 3.54. The van der Waals surface area contributed by atoms with Crippen LogP contribution in [-0.2, 0) is 0 Å². The van der Waals surface area contributed by atoms with Crippen LogP contribution in [0.15, 0.2) is 36.5 Å². The summed E-state index contributed by atoms with van der Waals surface area (Å²) in [5.41, 5.74) is 1.69. The number of rotatable bonds is 6. The number of amides is 1. The molecule has 0 atom stereocenters. The Morgan fingerprint density at radius 3 is 2.74 bits per heavy atom. The number of nitrogens with zero attached hydrogens (tertiary/aromatic N) is 2. The van der Waals surface area contributed by atoms with Crippen molar-refractivity contribution in [2.75, 3.05) is 18.9 Å². The zero-order chi connectivity index (χ0) is 16.8. The lowest BCUT2D eigenvalue weighted by molar-refractivity contribution is 0.0787. The van der Waals surface area contributed by atoms with Crippen molar-refractivity contribution in [3.63, 3.8) is 0 Å². The van der Waals surface area contributed by atoms with Crippen LogP contribution in [0.2, 0.25) is 5.02 Å². The van der Waals surface area contributed by atoms with Crippen LogP contribution in [0.4, 0.5) is 15.8 Å². The van der Waals surface area contributed by atoms with E-state index in [9.17, 15) is 9.18 Å². The molecule has 2 rings (SSSR count). The molecule has 0 unspecified atom stereocenters. The summed E-state index contributed by atoms with van der Waals surface area (Å²) in [6.45, 7) is 2.77. The first kappa shape index (κ1) is 17.2. The van der Waals surface area contributed by atoms with Gasteiger partial charge in [-0.15, -0.1) is 0 Å². The van der Waals surface area contributed by atoms with Crippen LogP contribution in [0, 0.1) is 5.82 Å². The predicted molar refractivity (Wildman–Crippen MR) is 90.8 cm³/mol. The van der Waals surface area contributed by atoms with Gasteiger partial charge in [0.25, 0.3) is 5.91 Å². The lowest BCUT2D eigenvalue weighted by Gasteiger charge is -2.16. The molecule has 0 aliphatic rings. The third kappa shape index (κ3) is 4.66. The molecule has 1 aromatic heterocycles. The van der Waals surface area contributed by atoms with Gasteiger partial charge in [0, 0.05) is 31.2 Å². The van der Waals surface area contributed by atoms with Gasteiger partial charge in [0.05, 0.1) is 5.02 Å².